The van der Waals surface area contributed by atoms with E-state index in [-0.39, 0.29) is 18.2 Å². The summed E-state index contributed by atoms with van der Waals surface area (Å²) in [5.41, 5.74) is 1.72. The van der Waals surface area contributed by atoms with Crippen molar-refractivity contribution in [2.45, 2.75) is 50.7 Å². The minimum Gasteiger partial charge on any atom is -0.326 e. The summed E-state index contributed by atoms with van der Waals surface area (Å²) < 4.78 is 0.941. The predicted molar refractivity (Wildman–Crippen MR) is 114 cm³/mol. The quantitative estimate of drug-likeness (QED) is 0.517. The normalized spacial score (nSPS) is 22.7. The van der Waals surface area contributed by atoms with Gasteiger partial charge < -0.3 is 10.6 Å². The summed E-state index contributed by atoms with van der Waals surface area (Å²) >= 11 is 4.62. The molecule has 3 rings (SSSR count). The van der Waals surface area contributed by atoms with Crippen LogP contribution in [0.4, 0.5) is 5.69 Å². The van der Waals surface area contributed by atoms with E-state index in [4.69, 9.17) is 0 Å². The third-order valence-electron chi connectivity index (χ3n) is 4.77. The molecule has 2 N–H and O–H groups in total. The Kier molecular flexibility index (Phi) is 7.07. The topological polar surface area (TPSA) is 82.9 Å². The van der Waals surface area contributed by atoms with Crippen LogP contribution in [0.1, 0.15) is 45.4 Å². The first-order valence-corrected chi connectivity index (χ1v) is 10.8. The maximum Gasteiger partial charge on any atom is 0.240 e. The third-order valence-corrected chi connectivity index (χ3v) is 6.37. The number of amides is 2. The second kappa shape index (κ2) is 9.50. The Balaban J connectivity index is 1.53. The van der Waals surface area contributed by atoms with E-state index in [2.05, 4.69) is 36.8 Å². The minimum absolute atomic E-state index is 0.0942. The maximum atomic E-state index is 12.2. The van der Waals surface area contributed by atoms with E-state index in [1.807, 2.05) is 19.1 Å². The molecule has 0 unspecified atom stereocenters. The molecule has 1 aliphatic carbocycles. The van der Waals surface area contributed by atoms with Crippen molar-refractivity contribution in [3.8, 4) is 0 Å². The number of thioether (sulfide) groups is 1. The average molecular weight is 451 g/mol. The van der Waals surface area contributed by atoms with Crippen LogP contribution in [0, 0.1) is 5.92 Å². The van der Waals surface area contributed by atoms with Gasteiger partial charge in [-0.25, -0.2) is 0 Å². The molecule has 1 heterocycles. The summed E-state index contributed by atoms with van der Waals surface area (Å²) in [4.78, 5) is 24.3. The van der Waals surface area contributed by atoms with Crippen molar-refractivity contribution in [2.24, 2.45) is 16.1 Å². The van der Waals surface area contributed by atoms with Crippen molar-refractivity contribution in [3.63, 3.8) is 0 Å². The maximum absolute atomic E-state index is 12.2. The molecule has 1 aromatic carbocycles. The Morgan fingerprint density at radius 3 is 2.67 bits per heavy atom. The molecule has 8 heteroatoms. The van der Waals surface area contributed by atoms with E-state index in [0.29, 0.717) is 16.8 Å². The van der Waals surface area contributed by atoms with Crippen LogP contribution in [0.5, 0.6) is 0 Å². The molecule has 0 spiro atoms. The summed E-state index contributed by atoms with van der Waals surface area (Å²) in [6.45, 7) is 2.00. The average Bonchev–Trinajstić information content (AvgIpc) is 3.01. The van der Waals surface area contributed by atoms with Crippen LogP contribution in [0.3, 0.4) is 0 Å². The lowest BCUT2D eigenvalue weighted by atomic mass is 9.86. The number of anilines is 1. The summed E-state index contributed by atoms with van der Waals surface area (Å²) in [5.74, 6) is 0.0982. The van der Waals surface area contributed by atoms with Gasteiger partial charge in [-0.15, -0.1) is 5.10 Å². The Morgan fingerprint density at radius 2 is 1.96 bits per heavy atom. The standard InChI is InChI=1S/C19H23BrN4O2S/c1-12(13-5-3-2-4-6-13)23-24-19-22-18(26)16(27-19)11-17(25)21-15-9-7-14(20)8-10-15/h7-10,13,16H,2-6,11H2,1H3,(H,21,25)(H,22,24,26)/t16-/m1/s1. The van der Waals surface area contributed by atoms with E-state index in [9.17, 15) is 9.59 Å². The van der Waals surface area contributed by atoms with Gasteiger partial charge >= 0.3 is 0 Å². The van der Waals surface area contributed by atoms with Crippen molar-refractivity contribution in [1.82, 2.24) is 5.32 Å². The molecule has 1 saturated heterocycles. The lowest BCUT2D eigenvalue weighted by Gasteiger charge is -2.20. The van der Waals surface area contributed by atoms with Gasteiger partial charge in [-0.05, 0) is 49.9 Å². The van der Waals surface area contributed by atoms with Crippen molar-refractivity contribution in [1.29, 1.82) is 0 Å². The molecule has 144 valence electrons. The van der Waals surface area contributed by atoms with Gasteiger partial charge in [0.05, 0.1) is 0 Å². The highest BCUT2D eigenvalue weighted by atomic mass is 79.9. The number of carbonyl (C=O) groups excluding carboxylic acids is 2. The predicted octanol–water partition coefficient (Wildman–Crippen LogP) is 4.32. The molecular weight excluding hydrogens is 428 g/mol. The van der Waals surface area contributed by atoms with Crippen molar-refractivity contribution in [3.05, 3.63) is 28.7 Å². The Morgan fingerprint density at radius 1 is 1.26 bits per heavy atom. The molecule has 0 aromatic heterocycles. The number of rotatable bonds is 5. The first-order valence-electron chi connectivity index (χ1n) is 9.16. The highest BCUT2D eigenvalue weighted by Crippen LogP contribution is 2.26. The largest absolute Gasteiger partial charge is 0.326 e. The van der Waals surface area contributed by atoms with E-state index >= 15 is 0 Å². The lowest BCUT2D eigenvalue weighted by molar-refractivity contribution is -0.122. The Hall–Kier alpha value is -1.67. The molecule has 1 saturated carbocycles. The van der Waals surface area contributed by atoms with Crippen LogP contribution < -0.4 is 10.6 Å². The van der Waals surface area contributed by atoms with Gasteiger partial charge in [0.25, 0.3) is 0 Å². The first kappa shape index (κ1) is 20.1. The highest BCUT2D eigenvalue weighted by molar-refractivity contribution is 9.10. The molecule has 6 nitrogen and oxygen atoms in total. The number of halogens is 1. The fourth-order valence-electron chi connectivity index (χ4n) is 3.23. The zero-order valence-electron chi connectivity index (χ0n) is 15.2. The zero-order valence-corrected chi connectivity index (χ0v) is 17.6. The van der Waals surface area contributed by atoms with Crippen molar-refractivity contribution in [2.75, 3.05) is 5.32 Å². The molecular formula is C19H23BrN4O2S. The van der Waals surface area contributed by atoms with Crippen molar-refractivity contribution >= 4 is 56.1 Å². The van der Waals surface area contributed by atoms with Gasteiger partial charge in [-0.2, -0.15) is 5.10 Å². The van der Waals surface area contributed by atoms with Gasteiger partial charge in [0, 0.05) is 22.3 Å². The van der Waals surface area contributed by atoms with Gasteiger partial charge in [-0.1, -0.05) is 47.0 Å². The third kappa shape index (κ3) is 5.90. The van der Waals surface area contributed by atoms with E-state index in [1.54, 1.807) is 12.1 Å². The molecule has 2 fully saturated rings. The molecule has 1 aromatic rings. The summed E-state index contributed by atoms with van der Waals surface area (Å²) in [6, 6.07) is 7.31. The molecule has 1 atom stereocenters. The first-order chi connectivity index (χ1) is 13.0. The summed E-state index contributed by atoms with van der Waals surface area (Å²) in [6.07, 6.45) is 6.21. The van der Waals surface area contributed by atoms with Gasteiger partial charge in [0.2, 0.25) is 11.8 Å². The second-order valence-electron chi connectivity index (χ2n) is 6.84. The zero-order chi connectivity index (χ0) is 19.2. The van der Waals surface area contributed by atoms with E-state index in [0.717, 1.165) is 10.2 Å². The van der Waals surface area contributed by atoms with Gasteiger partial charge in [0.15, 0.2) is 5.17 Å². The SMILES string of the molecule is CC(=NN=C1NC(=O)[C@@H](CC(=O)Nc2ccc(Br)cc2)S1)C1CCCCC1. The molecule has 2 amide bonds. The van der Waals surface area contributed by atoms with Crippen LogP contribution in [-0.4, -0.2) is 27.9 Å². The fraction of sp³-hybridized carbons (Fsp3) is 0.474. The molecule has 2 aliphatic rings. The Bertz CT molecular complexity index is 757. The molecule has 1 aliphatic heterocycles. The lowest BCUT2D eigenvalue weighted by Crippen LogP contribution is -2.28. The highest BCUT2D eigenvalue weighted by Gasteiger charge is 2.32. The molecule has 27 heavy (non-hydrogen) atoms. The van der Waals surface area contributed by atoms with Crippen LogP contribution in [0.15, 0.2) is 38.9 Å². The van der Waals surface area contributed by atoms with Gasteiger partial charge in [-0.3, -0.25) is 9.59 Å². The van der Waals surface area contributed by atoms with Crippen LogP contribution in [0.25, 0.3) is 0 Å². The molecule has 0 radical (unpaired) electrons. The fourth-order valence-corrected chi connectivity index (χ4v) is 4.41. The number of carbonyl (C=O) groups is 2. The monoisotopic (exact) mass is 450 g/mol. The van der Waals surface area contributed by atoms with E-state index < -0.39 is 5.25 Å². The summed E-state index contributed by atoms with van der Waals surface area (Å²) in [7, 11) is 0. The van der Waals surface area contributed by atoms with Crippen molar-refractivity contribution < 1.29 is 9.59 Å². The minimum atomic E-state index is -0.482. The van der Waals surface area contributed by atoms with E-state index in [1.165, 1.54) is 43.9 Å². The number of benzene rings is 1. The number of hydrogen-bond acceptors (Lipinski definition) is 5. The van der Waals surface area contributed by atoms with Crippen LogP contribution in [-0.2, 0) is 9.59 Å². The number of amidine groups is 1. The second-order valence-corrected chi connectivity index (χ2v) is 8.94. The number of nitrogens with zero attached hydrogens (tertiary/aromatic N) is 2. The van der Waals surface area contributed by atoms with Gasteiger partial charge in [0.1, 0.15) is 5.25 Å². The smallest absolute Gasteiger partial charge is 0.240 e. The van der Waals surface area contributed by atoms with Crippen LogP contribution in [0.2, 0.25) is 0 Å². The number of nitrogens with one attached hydrogen (secondary N) is 2. The molecule has 0 bridgehead atoms. The Labute approximate surface area is 171 Å². The van der Waals surface area contributed by atoms with Crippen LogP contribution >= 0.6 is 27.7 Å². The number of hydrogen-bond donors (Lipinski definition) is 2. The summed E-state index contributed by atoms with van der Waals surface area (Å²) in [5, 5.41) is 14.0.